The van der Waals surface area contributed by atoms with Crippen LogP contribution in [-0.4, -0.2) is 21.0 Å². The number of anilines is 1. The molecular formula is C18H18N6. The van der Waals surface area contributed by atoms with Gasteiger partial charge in [-0.05, 0) is 30.2 Å². The van der Waals surface area contributed by atoms with Crippen LogP contribution in [0.4, 0.5) is 11.5 Å². The maximum absolute atomic E-state index is 6.55. The Kier molecular flexibility index (Phi) is 3.59. The van der Waals surface area contributed by atoms with Crippen LogP contribution in [0, 0.1) is 6.92 Å². The Bertz CT molecular complexity index is 883. The minimum absolute atomic E-state index is 0.321. The van der Waals surface area contributed by atoms with E-state index in [0.717, 1.165) is 28.6 Å². The number of rotatable bonds is 2. The quantitative estimate of drug-likeness (QED) is 0.761. The van der Waals surface area contributed by atoms with Gasteiger partial charge in [-0.1, -0.05) is 24.3 Å². The van der Waals surface area contributed by atoms with Gasteiger partial charge in [-0.3, -0.25) is 15.0 Å². The van der Waals surface area contributed by atoms with Gasteiger partial charge in [0.2, 0.25) is 0 Å². The van der Waals surface area contributed by atoms with Crippen molar-refractivity contribution in [2.75, 3.05) is 4.90 Å². The third-order valence-corrected chi connectivity index (χ3v) is 4.14. The highest BCUT2D eigenvalue weighted by molar-refractivity contribution is 6.02. The maximum Gasteiger partial charge on any atom is 0.157 e. The number of aryl methyl sites for hydroxylation is 1. The molecule has 0 amide bonds. The zero-order valence-electron chi connectivity index (χ0n) is 13.3. The van der Waals surface area contributed by atoms with Crippen molar-refractivity contribution in [3.63, 3.8) is 0 Å². The van der Waals surface area contributed by atoms with E-state index in [1.165, 1.54) is 5.56 Å². The average Bonchev–Trinajstić information content (AvgIpc) is 3.02. The van der Waals surface area contributed by atoms with E-state index in [1.807, 2.05) is 42.2 Å². The van der Waals surface area contributed by atoms with Crippen molar-refractivity contribution >= 4 is 17.3 Å². The average molecular weight is 318 g/mol. The Labute approximate surface area is 140 Å². The van der Waals surface area contributed by atoms with Crippen LogP contribution >= 0.6 is 0 Å². The number of pyridine rings is 1. The summed E-state index contributed by atoms with van der Waals surface area (Å²) >= 11 is 0. The molecule has 0 saturated carbocycles. The van der Waals surface area contributed by atoms with E-state index >= 15 is 0 Å². The second-order valence-electron chi connectivity index (χ2n) is 5.83. The first-order valence-electron chi connectivity index (χ1n) is 7.84. The highest BCUT2D eigenvalue weighted by atomic mass is 15.3. The summed E-state index contributed by atoms with van der Waals surface area (Å²) in [4.78, 5) is 10.8. The number of aliphatic imine (C=N–C) groups is 1. The second kappa shape index (κ2) is 5.90. The molecule has 1 aromatic carbocycles. The highest BCUT2D eigenvalue weighted by Crippen LogP contribution is 2.32. The summed E-state index contributed by atoms with van der Waals surface area (Å²) in [7, 11) is 0. The Hall–Kier alpha value is -2.99. The summed E-state index contributed by atoms with van der Waals surface area (Å²) in [6.45, 7) is 1.97. The number of aromatic nitrogens is 3. The van der Waals surface area contributed by atoms with Crippen LogP contribution in [0.15, 0.2) is 59.9 Å². The number of aromatic amines is 1. The van der Waals surface area contributed by atoms with E-state index in [-0.39, 0.29) is 6.17 Å². The Morgan fingerprint density at radius 3 is 2.75 bits per heavy atom. The molecule has 3 heterocycles. The molecule has 1 aliphatic heterocycles. The smallest absolute Gasteiger partial charge is 0.157 e. The zero-order valence-corrected chi connectivity index (χ0v) is 13.3. The largest absolute Gasteiger partial charge is 0.307 e. The van der Waals surface area contributed by atoms with Crippen molar-refractivity contribution < 1.29 is 0 Å². The van der Waals surface area contributed by atoms with Crippen molar-refractivity contribution in [1.29, 1.82) is 0 Å². The molecule has 24 heavy (non-hydrogen) atoms. The molecule has 6 nitrogen and oxygen atoms in total. The standard InChI is InChI=1S/C18H18N6/c1-12-10-17(23-22-12)24-16(21-14-6-8-20-9-7-14)11-13-4-2-3-5-15(13)18(24)19/h2-10,18H,11,19H2,1H3,(H,22,23). The fraction of sp³-hybridized carbons (Fsp3) is 0.167. The van der Waals surface area contributed by atoms with Gasteiger partial charge in [0.05, 0.1) is 5.69 Å². The molecule has 4 rings (SSSR count). The first-order chi connectivity index (χ1) is 11.7. The topological polar surface area (TPSA) is 83.2 Å². The fourth-order valence-corrected chi connectivity index (χ4v) is 3.00. The molecule has 0 fully saturated rings. The van der Waals surface area contributed by atoms with Crippen LogP contribution in [0.5, 0.6) is 0 Å². The molecule has 0 aliphatic carbocycles. The number of fused-ring (bicyclic) bond motifs is 1. The number of nitrogens with one attached hydrogen (secondary N) is 1. The van der Waals surface area contributed by atoms with E-state index in [9.17, 15) is 0 Å². The molecule has 3 aromatic rings. The fourth-order valence-electron chi connectivity index (χ4n) is 3.00. The van der Waals surface area contributed by atoms with E-state index in [2.05, 4.69) is 27.3 Å². The Morgan fingerprint density at radius 2 is 2.00 bits per heavy atom. The predicted molar refractivity (Wildman–Crippen MR) is 94.2 cm³/mol. The molecule has 6 heteroatoms. The summed E-state index contributed by atoms with van der Waals surface area (Å²) in [5, 5.41) is 7.37. The van der Waals surface area contributed by atoms with Crippen LogP contribution in [-0.2, 0) is 6.42 Å². The summed E-state index contributed by atoms with van der Waals surface area (Å²) in [5.74, 6) is 1.65. The lowest BCUT2D eigenvalue weighted by molar-refractivity contribution is 0.708. The van der Waals surface area contributed by atoms with E-state index in [4.69, 9.17) is 10.7 Å². The van der Waals surface area contributed by atoms with Gasteiger partial charge in [0, 0.05) is 30.6 Å². The van der Waals surface area contributed by atoms with Crippen molar-refractivity contribution in [2.45, 2.75) is 19.5 Å². The van der Waals surface area contributed by atoms with Gasteiger partial charge >= 0.3 is 0 Å². The molecule has 1 unspecified atom stereocenters. The van der Waals surface area contributed by atoms with Crippen LogP contribution in [0.3, 0.4) is 0 Å². The van der Waals surface area contributed by atoms with E-state index < -0.39 is 0 Å². The summed E-state index contributed by atoms with van der Waals surface area (Å²) in [6, 6.07) is 14.0. The predicted octanol–water partition coefficient (Wildman–Crippen LogP) is 2.86. The van der Waals surface area contributed by atoms with Gasteiger partial charge in [0.1, 0.15) is 12.0 Å². The van der Waals surface area contributed by atoms with Gasteiger partial charge < -0.3 is 5.73 Å². The van der Waals surface area contributed by atoms with Crippen LogP contribution in [0.2, 0.25) is 0 Å². The summed E-state index contributed by atoms with van der Waals surface area (Å²) < 4.78 is 0. The second-order valence-corrected chi connectivity index (χ2v) is 5.83. The molecule has 1 atom stereocenters. The number of nitrogens with two attached hydrogens (primary N) is 1. The molecule has 0 radical (unpaired) electrons. The van der Waals surface area contributed by atoms with Crippen LogP contribution < -0.4 is 10.6 Å². The summed E-state index contributed by atoms with van der Waals surface area (Å²) in [6.07, 6.45) is 3.86. The minimum atomic E-state index is -0.321. The first-order valence-corrected chi connectivity index (χ1v) is 7.84. The minimum Gasteiger partial charge on any atom is -0.307 e. The number of benzene rings is 1. The lowest BCUT2D eigenvalue weighted by Gasteiger charge is -2.36. The monoisotopic (exact) mass is 318 g/mol. The summed E-state index contributed by atoms with van der Waals surface area (Å²) in [5.41, 5.74) is 10.7. The SMILES string of the molecule is Cc1cc(N2C(=Nc3ccncc3)Cc3ccccc3C2N)n[nH]1. The van der Waals surface area contributed by atoms with E-state index in [1.54, 1.807) is 12.4 Å². The van der Waals surface area contributed by atoms with Crippen molar-refractivity contribution in [2.24, 2.45) is 10.7 Å². The number of H-pyrrole nitrogens is 1. The number of hydrogen-bond donors (Lipinski definition) is 2. The van der Waals surface area contributed by atoms with E-state index in [0.29, 0.717) is 6.42 Å². The maximum atomic E-state index is 6.55. The lowest BCUT2D eigenvalue weighted by Crippen LogP contribution is -2.44. The molecule has 0 bridgehead atoms. The first kappa shape index (κ1) is 14.6. The van der Waals surface area contributed by atoms with Crippen molar-refractivity contribution in [3.05, 3.63) is 71.7 Å². The third-order valence-electron chi connectivity index (χ3n) is 4.14. The van der Waals surface area contributed by atoms with Crippen LogP contribution in [0.25, 0.3) is 0 Å². The van der Waals surface area contributed by atoms with Crippen LogP contribution in [0.1, 0.15) is 23.0 Å². The molecule has 1 aliphatic rings. The molecule has 0 spiro atoms. The molecule has 2 aromatic heterocycles. The van der Waals surface area contributed by atoms with Gasteiger partial charge in [-0.2, -0.15) is 5.10 Å². The van der Waals surface area contributed by atoms with Gasteiger partial charge in [0.25, 0.3) is 0 Å². The van der Waals surface area contributed by atoms with Gasteiger partial charge in [-0.25, -0.2) is 4.99 Å². The van der Waals surface area contributed by atoms with Gasteiger partial charge in [-0.15, -0.1) is 0 Å². The molecular weight excluding hydrogens is 300 g/mol. The van der Waals surface area contributed by atoms with Gasteiger partial charge in [0.15, 0.2) is 5.82 Å². The molecule has 3 N–H and O–H groups in total. The number of nitrogens with zero attached hydrogens (tertiary/aromatic N) is 4. The molecule has 120 valence electrons. The Morgan fingerprint density at radius 1 is 1.21 bits per heavy atom. The van der Waals surface area contributed by atoms with Crippen molar-refractivity contribution in [3.8, 4) is 0 Å². The lowest BCUT2D eigenvalue weighted by atomic mass is 9.96. The number of hydrogen-bond acceptors (Lipinski definition) is 4. The Balaban J connectivity index is 1.84. The van der Waals surface area contributed by atoms with Crippen molar-refractivity contribution in [1.82, 2.24) is 15.2 Å². The number of amidine groups is 1. The third kappa shape index (κ3) is 2.57. The normalized spacial score (nSPS) is 18.7. The molecule has 0 saturated heterocycles. The highest BCUT2D eigenvalue weighted by Gasteiger charge is 2.30. The zero-order chi connectivity index (χ0) is 16.5.